The van der Waals surface area contributed by atoms with Crippen LogP contribution >= 0.6 is 0 Å². The van der Waals surface area contributed by atoms with E-state index in [-0.39, 0.29) is 18.1 Å². The normalized spacial score (nSPS) is 27.8. The first kappa shape index (κ1) is 13.5. The van der Waals surface area contributed by atoms with E-state index in [4.69, 9.17) is 10.5 Å². The zero-order valence-corrected chi connectivity index (χ0v) is 10.5. The Balaban J connectivity index is 2.35. The highest BCUT2D eigenvalue weighted by Gasteiger charge is 2.24. The minimum Gasteiger partial charge on any atom is -0.378 e. The first-order valence-corrected chi connectivity index (χ1v) is 6.16. The molecule has 0 aromatic carbocycles. The first-order valence-electron chi connectivity index (χ1n) is 6.16. The van der Waals surface area contributed by atoms with Crippen molar-refractivity contribution in [1.82, 2.24) is 5.32 Å². The summed E-state index contributed by atoms with van der Waals surface area (Å²) in [6.45, 7) is 6.82. The quantitative estimate of drug-likeness (QED) is 0.755. The molecule has 0 bridgehead atoms. The topological polar surface area (TPSA) is 64.4 Å². The van der Waals surface area contributed by atoms with E-state index in [1.165, 1.54) is 0 Å². The molecule has 3 atom stereocenters. The zero-order chi connectivity index (χ0) is 12.1. The van der Waals surface area contributed by atoms with Crippen LogP contribution < -0.4 is 11.1 Å². The lowest BCUT2D eigenvalue weighted by atomic mass is 9.96. The third-order valence-electron chi connectivity index (χ3n) is 2.86. The van der Waals surface area contributed by atoms with Crippen LogP contribution in [0.3, 0.4) is 0 Å². The lowest BCUT2D eigenvalue weighted by Gasteiger charge is -2.31. The van der Waals surface area contributed by atoms with Gasteiger partial charge in [-0.3, -0.25) is 4.79 Å². The Kier molecular flexibility index (Phi) is 5.22. The summed E-state index contributed by atoms with van der Waals surface area (Å²) in [6, 6.07) is -0.192. The van der Waals surface area contributed by atoms with Crippen LogP contribution in [-0.2, 0) is 9.53 Å². The van der Waals surface area contributed by atoms with Crippen LogP contribution in [0.15, 0.2) is 0 Å². The molecular weight excluding hydrogens is 204 g/mol. The number of nitrogens with one attached hydrogen (secondary N) is 1. The molecule has 0 aromatic rings. The molecule has 1 aliphatic heterocycles. The largest absolute Gasteiger partial charge is 0.378 e. The number of carbonyl (C=O) groups is 1. The molecule has 0 spiro atoms. The third-order valence-corrected chi connectivity index (χ3v) is 2.86. The molecule has 1 amide bonds. The standard InChI is InChI=1S/C12H24N2O2/c1-8(2)6-11-7-10(4-5-16-11)14-12(15)9(3)13/h8-11H,4-7,13H2,1-3H3,(H,14,15)/t9-,10?,11?/m1/s1. The number of ether oxygens (including phenoxy) is 1. The molecular formula is C12H24N2O2. The van der Waals surface area contributed by atoms with E-state index in [1.54, 1.807) is 6.92 Å². The van der Waals surface area contributed by atoms with E-state index in [1.807, 2.05) is 0 Å². The second kappa shape index (κ2) is 6.21. The third kappa shape index (κ3) is 4.49. The highest BCUT2D eigenvalue weighted by atomic mass is 16.5. The van der Waals surface area contributed by atoms with Crippen molar-refractivity contribution >= 4 is 5.91 Å². The van der Waals surface area contributed by atoms with Crippen molar-refractivity contribution in [1.29, 1.82) is 0 Å². The van der Waals surface area contributed by atoms with Crippen molar-refractivity contribution in [2.75, 3.05) is 6.61 Å². The number of hydrogen-bond donors (Lipinski definition) is 2. The molecule has 1 heterocycles. The van der Waals surface area contributed by atoms with Gasteiger partial charge in [-0.15, -0.1) is 0 Å². The molecule has 0 aliphatic carbocycles. The van der Waals surface area contributed by atoms with Gasteiger partial charge in [-0.2, -0.15) is 0 Å². The van der Waals surface area contributed by atoms with Gasteiger partial charge in [0, 0.05) is 12.6 Å². The Labute approximate surface area is 97.9 Å². The van der Waals surface area contributed by atoms with E-state index in [0.717, 1.165) is 25.9 Å². The monoisotopic (exact) mass is 228 g/mol. The van der Waals surface area contributed by atoms with Crippen LogP contribution in [0.1, 0.15) is 40.0 Å². The Morgan fingerprint density at radius 3 is 2.75 bits per heavy atom. The lowest BCUT2D eigenvalue weighted by Crippen LogP contribution is -2.47. The Hall–Kier alpha value is -0.610. The molecule has 0 radical (unpaired) electrons. The maximum absolute atomic E-state index is 11.5. The summed E-state index contributed by atoms with van der Waals surface area (Å²) < 4.78 is 5.68. The van der Waals surface area contributed by atoms with Gasteiger partial charge in [-0.25, -0.2) is 0 Å². The summed E-state index contributed by atoms with van der Waals surface area (Å²) in [5.74, 6) is 0.572. The van der Waals surface area contributed by atoms with Gasteiger partial charge in [0.1, 0.15) is 0 Å². The van der Waals surface area contributed by atoms with E-state index < -0.39 is 6.04 Å². The van der Waals surface area contributed by atoms with Gasteiger partial charge in [0.2, 0.25) is 5.91 Å². The van der Waals surface area contributed by atoms with Gasteiger partial charge in [-0.05, 0) is 32.1 Å². The Morgan fingerprint density at radius 1 is 1.50 bits per heavy atom. The van der Waals surface area contributed by atoms with Crippen LogP contribution in [0, 0.1) is 5.92 Å². The summed E-state index contributed by atoms with van der Waals surface area (Å²) in [7, 11) is 0. The number of rotatable bonds is 4. The molecule has 1 rings (SSSR count). The molecule has 2 unspecified atom stereocenters. The fourth-order valence-corrected chi connectivity index (χ4v) is 2.03. The number of nitrogens with two attached hydrogens (primary N) is 1. The lowest BCUT2D eigenvalue weighted by molar-refractivity contribution is -0.123. The fraction of sp³-hybridized carbons (Fsp3) is 0.917. The predicted octanol–water partition coefficient (Wildman–Crippen LogP) is 1.04. The SMILES string of the molecule is CC(C)CC1CC(NC(=O)[C@@H](C)N)CCO1. The minimum absolute atomic E-state index is 0.0600. The van der Waals surface area contributed by atoms with Gasteiger partial charge in [-0.1, -0.05) is 13.8 Å². The molecule has 1 aliphatic rings. The van der Waals surface area contributed by atoms with Gasteiger partial charge in [0.05, 0.1) is 12.1 Å². The summed E-state index contributed by atoms with van der Waals surface area (Å²) in [5.41, 5.74) is 5.53. The van der Waals surface area contributed by atoms with Crippen LogP contribution in [0.2, 0.25) is 0 Å². The van der Waals surface area contributed by atoms with Crippen molar-refractivity contribution in [3.8, 4) is 0 Å². The summed E-state index contributed by atoms with van der Waals surface area (Å²) in [4.78, 5) is 11.5. The zero-order valence-electron chi connectivity index (χ0n) is 10.5. The number of hydrogen-bond acceptors (Lipinski definition) is 3. The molecule has 1 fully saturated rings. The van der Waals surface area contributed by atoms with Crippen LogP contribution in [0.4, 0.5) is 0 Å². The van der Waals surface area contributed by atoms with Crippen LogP contribution in [0.5, 0.6) is 0 Å². The van der Waals surface area contributed by atoms with Gasteiger partial charge < -0.3 is 15.8 Å². The Morgan fingerprint density at radius 2 is 2.19 bits per heavy atom. The van der Waals surface area contributed by atoms with Crippen LogP contribution in [-0.4, -0.2) is 30.7 Å². The number of amides is 1. The molecule has 4 nitrogen and oxygen atoms in total. The molecule has 0 saturated carbocycles. The number of carbonyl (C=O) groups excluding carboxylic acids is 1. The van der Waals surface area contributed by atoms with Crippen molar-refractivity contribution in [3.05, 3.63) is 0 Å². The smallest absolute Gasteiger partial charge is 0.236 e. The Bertz CT molecular complexity index is 229. The van der Waals surface area contributed by atoms with Crippen molar-refractivity contribution in [3.63, 3.8) is 0 Å². The predicted molar refractivity (Wildman–Crippen MR) is 64.0 cm³/mol. The summed E-state index contributed by atoms with van der Waals surface area (Å²) >= 11 is 0. The maximum Gasteiger partial charge on any atom is 0.236 e. The molecule has 1 saturated heterocycles. The van der Waals surface area contributed by atoms with Crippen molar-refractivity contribution in [2.45, 2.75) is 58.2 Å². The van der Waals surface area contributed by atoms with E-state index in [0.29, 0.717) is 5.92 Å². The molecule has 4 heteroatoms. The molecule has 94 valence electrons. The summed E-state index contributed by atoms with van der Waals surface area (Å²) in [5, 5.41) is 2.98. The maximum atomic E-state index is 11.5. The van der Waals surface area contributed by atoms with E-state index >= 15 is 0 Å². The first-order chi connectivity index (χ1) is 7.49. The summed E-state index contributed by atoms with van der Waals surface area (Å²) in [6.07, 6.45) is 3.15. The average Bonchev–Trinajstić information content (AvgIpc) is 2.16. The second-order valence-electron chi connectivity index (χ2n) is 5.14. The highest BCUT2D eigenvalue weighted by Crippen LogP contribution is 2.20. The van der Waals surface area contributed by atoms with Gasteiger partial charge in [0.25, 0.3) is 0 Å². The molecule has 0 aromatic heterocycles. The van der Waals surface area contributed by atoms with E-state index in [9.17, 15) is 4.79 Å². The van der Waals surface area contributed by atoms with Gasteiger partial charge in [0.15, 0.2) is 0 Å². The molecule has 16 heavy (non-hydrogen) atoms. The van der Waals surface area contributed by atoms with Crippen molar-refractivity contribution < 1.29 is 9.53 Å². The minimum atomic E-state index is -0.425. The average molecular weight is 228 g/mol. The van der Waals surface area contributed by atoms with Crippen molar-refractivity contribution in [2.24, 2.45) is 11.7 Å². The van der Waals surface area contributed by atoms with Crippen LogP contribution in [0.25, 0.3) is 0 Å². The molecule has 3 N–H and O–H groups in total. The highest BCUT2D eigenvalue weighted by molar-refractivity contribution is 5.81. The fourth-order valence-electron chi connectivity index (χ4n) is 2.03. The second-order valence-corrected chi connectivity index (χ2v) is 5.14. The van der Waals surface area contributed by atoms with Gasteiger partial charge >= 0.3 is 0 Å². The van der Waals surface area contributed by atoms with E-state index in [2.05, 4.69) is 19.2 Å².